The molecule has 180 valence electrons. The van der Waals surface area contributed by atoms with Gasteiger partial charge in [-0.2, -0.15) is 0 Å². The highest BCUT2D eigenvalue weighted by Gasteiger charge is 2.47. The zero-order valence-corrected chi connectivity index (χ0v) is 18.6. The molecule has 1 heterocycles. The first-order valence-electron chi connectivity index (χ1n) is 10.7. The van der Waals surface area contributed by atoms with Gasteiger partial charge in [-0.3, -0.25) is 9.59 Å². The molecule has 2 aromatic rings. The monoisotopic (exact) mass is 471 g/mol. The molecule has 1 aliphatic heterocycles. The number of Topliss-reactive ketones (excluding diaryl/α,β-unsaturated/α-hetero) is 1. The molecule has 0 aliphatic carbocycles. The van der Waals surface area contributed by atoms with E-state index in [0.29, 0.717) is 13.1 Å². The summed E-state index contributed by atoms with van der Waals surface area (Å²) >= 11 is 0. The fraction of sp³-hybridized carbons (Fsp3) is 0.333. The molecule has 0 amide bonds. The van der Waals surface area contributed by atoms with Crippen molar-refractivity contribution in [3.05, 3.63) is 59.2 Å². The van der Waals surface area contributed by atoms with Gasteiger partial charge < -0.3 is 29.7 Å². The molecule has 10 heteroatoms. The Morgan fingerprint density at radius 1 is 1.06 bits per heavy atom. The number of carbonyl (C=O) groups excluding carboxylic acids is 4. The van der Waals surface area contributed by atoms with Crippen LogP contribution in [0.1, 0.15) is 40.1 Å². The summed E-state index contributed by atoms with van der Waals surface area (Å²) in [6.07, 6.45) is -5.27. The molecule has 0 saturated carbocycles. The quantitative estimate of drug-likeness (QED) is 0.273. The van der Waals surface area contributed by atoms with E-state index >= 15 is 0 Å². The molecule has 10 nitrogen and oxygen atoms in total. The minimum atomic E-state index is -2.02. The van der Waals surface area contributed by atoms with Crippen LogP contribution in [0.2, 0.25) is 0 Å². The van der Waals surface area contributed by atoms with Gasteiger partial charge in [0.15, 0.2) is 11.9 Å². The topological polar surface area (TPSA) is 151 Å². The zero-order chi connectivity index (χ0) is 25.0. The number of esters is 2. The van der Waals surface area contributed by atoms with Crippen LogP contribution in [0.15, 0.2) is 42.5 Å². The van der Waals surface area contributed by atoms with Crippen LogP contribution in [0.5, 0.6) is 5.75 Å². The molecular weight excluding hydrogens is 446 g/mol. The Balaban J connectivity index is 1.87. The lowest BCUT2D eigenvalue weighted by Gasteiger charge is -2.22. The maximum Gasteiger partial charge on any atom is 0.343 e. The van der Waals surface area contributed by atoms with E-state index in [1.807, 2.05) is 18.7 Å². The van der Waals surface area contributed by atoms with E-state index in [1.165, 1.54) is 36.4 Å². The molecule has 2 aromatic carbocycles. The Kier molecular flexibility index (Phi) is 7.64. The average molecular weight is 471 g/mol. The van der Waals surface area contributed by atoms with Crippen LogP contribution in [-0.2, 0) is 19.1 Å². The molecule has 1 saturated heterocycles. The predicted molar refractivity (Wildman–Crippen MR) is 119 cm³/mol. The summed E-state index contributed by atoms with van der Waals surface area (Å²) in [7, 11) is 0. The van der Waals surface area contributed by atoms with Crippen LogP contribution >= 0.6 is 0 Å². The number of cyclic esters (lactones) is 1. The lowest BCUT2D eigenvalue weighted by Crippen LogP contribution is -2.40. The number of aliphatic hydroxyl groups excluding tert-OH is 2. The third-order valence-corrected chi connectivity index (χ3v) is 5.54. The fourth-order valence-corrected chi connectivity index (χ4v) is 3.68. The lowest BCUT2D eigenvalue weighted by atomic mass is 9.97. The number of nitrogens with zero attached hydrogens (tertiary/aromatic N) is 1. The highest BCUT2D eigenvalue weighted by atomic mass is 16.6. The Morgan fingerprint density at radius 2 is 1.71 bits per heavy atom. The van der Waals surface area contributed by atoms with Gasteiger partial charge in [0.1, 0.15) is 5.75 Å². The first-order valence-corrected chi connectivity index (χ1v) is 10.7. The number of hydrogen-bond acceptors (Lipinski definition) is 10. The number of aliphatic hydroxyl groups is 2. The van der Waals surface area contributed by atoms with E-state index in [1.54, 1.807) is 6.07 Å². The number of rotatable bonds is 9. The van der Waals surface area contributed by atoms with Crippen LogP contribution in [0, 0.1) is 0 Å². The van der Waals surface area contributed by atoms with Crippen molar-refractivity contribution in [3.8, 4) is 5.75 Å². The number of ether oxygens (including phenoxy) is 2. The lowest BCUT2D eigenvalue weighted by molar-refractivity contribution is -0.151. The Hall–Kier alpha value is -3.76. The molecule has 1 aliphatic rings. The van der Waals surface area contributed by atoms with Crippen LogP contribution in [0.25, 0.3) is 0 Å². The standard InChI is InChI=1S/C24H25NO9/c1-3-25(4-2)13-9-10-16(17(27)11-13)19(28)14-7-5-6-8-15(14)23(31)33-18(12-26)22-20(29)21(30)24(32)34-22/h5-11,18,21-22,26-27,30H,3-4,12H2,1-2H3. The van der Waals surface area contributed by atoms with Gasteiger partial charge in [0.25, 0.3) is 0 Å². The number of phenolic OH excluding ortho intramolecular Hbond substituents is 1. The van der Waals surface area contributed by atoms with Gasteiger partial charge in [-0.15, -0.1) is 0 Å². The van der Waals surface area contributed by atoms with E-state index < -0.39 is 48.4 Å². The third-order valence-electron chi connectivity index (χ3n) is 5.54. The summed E-state index contributed by atoms with van der Waals surface area (Å²) in [4.78, 5) is 51.4. The molecule has 3 unspecified atom stereocenters. The van der Waals surface area contributed by atoms with Crippen LogP contribution in [-0.4, -0.2) is 76.8 Å². The van der Waals surface area contributed by atoms with Crippen LogP contribution < -0.4 is 4.90 Å². The van der Waals surface area contributed by atoms with Gasteiger partial charge >= 0.3 is 11.9 Å². The summed E-state index contributed by atoms with van der Waals surface area (Å²) in [5.41, 5.74) is 0.439. The van der Waals surface area contributed by atoms with E-state index in [9.17, 15) is 34.5 Å². The summed E-state index contributed by atoms with van der Waals surface area (Å²) in [5.74, 6) is -4.21. The summed E-state index contributed by atoms with van der Waals surface area (Å²) in [5, 5.41) is 29.5. The molecule has 34 heavy (non-hydrogen) atoms. The van der Waals surface area contributed by atoms with Gasteiger partial charge in [-0.25, -0.2) is 9.59 Å². The second-order valence-electron chi connectivity index (χ2n) is 7.54. The van der Waals surface area contributed by atoms with Gasteiger partial charge in [0, 0.05) is 30.4 Å². The van der Waals surface area contributed by atoms with E-state index in [2.05, 4.69) is 0 Å². The van der Waals surface area contributed by atoms with Gasteiger partial charge in [-0.1, -0.05) is 18.2 Å². The molecular formula is C24H25NO9. The number of benzene rings is 2. The molecule has 3 atom stereocenters. The Labute approximate surface area is 195 Å². The maximum absolute atomic E-state index is 13.2. The Bertz CT molecular complexity index is 1110. The van der Waals surface area contributed by atoms with Crippen LogP contribution in [0.3, 0.4) is 0 Å². The second kappa shape index (κ2) is 10.4. The summed E-state index contributed by atoms with van der Waals surface area (Å²) < 4.78 is 9.86. The summed E-state index contributed by atoms with van der Waals surface area (Å²) in [6, 6.07) is 10.3. The molecule has 0 spiro atoms. The van der Waals surface area contributed by atoms with Crippen molar-refractivity contribution in [1.29, 1.82) is 0 Å². The van der Waals surface area contributed by atoms with E-state index in [-0.39, 0.29) is 22.4 Å². The van der Waals surface area contributed by atoms with E-state index in [0.717, 1.165) is 5.69 Å². The normalized spacial score (nSPS) is 18.4. The summed E-state index contributed by atoms with van der Waals surface area (Å²) in [6.45, 7) is 4.47. The number of carbonyl (C=O) groups is 4. The van der Waals surface area contributed by atoms with Crippen molar-refractivity contribution in [3.63, 3.8) is 0 Å². The Morgan fingerprint density at radius 3 is 2.24 bits per heavy atom. The van der Waals surface area contributed by atoms with Crippen molar-refractivity contribution >= 4 is 29.2 Å². The van der Waals surface area contributed by atoms with Crippen molar-refractivity contribution in [2.45, 2.75) is 32.2 Å². The van der Waals surface area contributed by atoms with Crippen LogP contribution in [0.4, 0.5) is 5.69 Å². The number of aromatic hydroxyl groups is 1. The smallest absolute Gasteiger partial charge is 0.343 e. The molecule has 0 radical (unpaired) electrons. The largest absolute Gasteiger partial charge is 0.507 e. The van der Waals surface area contributed by atoms with Crippen molar-refractivity contribution in [2.75, 3.05) is 24.6 Å². The first kappa shape index (κ1) is 24.9. The number of ketones is 2. The molecule has 3 N–H and O–H groups in total. The minimum Gasteiger partial charge on any atom is -0.507 e. The number of anilines is 1. The molecule has 1 fully saturated rings. The third kappa shape index (κ3) is 4.78. The molecule has 3 rings (SSSR count). The molecule has 0 aromatic heterocycles. The van der Waals surface area contributed by atoms with Gasteiger partial charge in [-0.05, 0) is 32.0 Å². The first-order chi connectivity index (χ1) is 16.2. The van der Waals surface area contributed by atoms with E-state index in [4.69, 9.17) is 9.47 Å². The maximum atomic E-state index is 13.2. The highest BCUT2D eigenvalue weighted by Crippen LogP contribution is 2.28. The molecule has 0 bridgehead atoms. The fourth-order valence-electron chi connectivity index (χ4n) is 3.68. The highest BCUT2D eigenvalue weighted by molar-refractivity contribution is 6.16. The minimum absolute atomic E-state index is 0.0297. The predicted octanol–water partition coefficient (Wildman–Crippen LogP) is 0.842. The van der Waals surface area contributed by atoms with Gasteiger partial charge in [0.05, 0.1) is 17.7 Å². The van der Waals surface area contributed by atoms with Crippen molar-refractivity contribution in [2.24, 2.45) is 0 Å². The number of phenols is 1. The zero-order valence-electron chi connectivity index (χ0n) is 18.6. The number of hydrogen-bond donors (Lipinski definition) is 3. The van der Waals surface area contributed by atoms with Crippen molar-refractivity contribution < 1.29 is 44.0 Å². The SMILES string of the molecule is CCN(CC)c1ccc(C(=O)c2ccccc2C(=O)OC(CO)C2OC(=O)C(O)C2=O)c(O)c1. The average Bonchev–Trinajstić information content (AvgIpc) is 3.10. The van der Waals surface area contributed by atoms with Crippen molar-refractivity contribution in [1.82, 2.24) is 0 Å². The second-order valence-corrected chi connectivity index (χ2v) is 7.54. The van der Waals surface area contributed by atoms with Gasteiger partial charge in [0.2, 0.25) is 18.0 Å².